The van der Waals surface area contributed by atoms with E-state index in [-0.39, 0.29) is 11.8 Å². The van der Waals surface area contributed by atoms with Gasteiger partial charge in [0.05, 0.1) is 13.2 Å². The van der Waals surface area contributed by atoms with Crippen molar-refractivity contribution in [3.8, 4) is 0 Å². The van der Waals surface area contributed by atoms with E-state index in [2.05, 4.69) is 27.0 Å². The highest BCUT2D eigenvalue weighted by Gasteiger charge is 2.24. The molecule has 0 spiro atoms. The summed E-state index contributed by atoms with van der Waals surface area (Å²) in [5.41, 5.74) is 3.22. The van der Waals surface area contributed by atoms with E-state index in [1.165, 1.54) is 0 Å². The minimum Gasteiger partial charge on any atom is -0.375 e. The Kier molecular flexibility index (Phi) is 6.82. The summed E-state index contributed by atoms with van der Waals surface area (Å²) < 4.78 is 5.67. The van der Waals surface area contributed by atoms with Gasteiger partial charge in [0.15, 0.2) is 5.96 Å². The zero-order valence-corrected chi connectivity index (χ0v) is 15.6. The third kappa shape index (κ3) is 5.56. The number of fused-ring (bicyclic) bond motifs is 1. The molecule has 1 heterocycles. The Hall–Kier alpha value is -2.86. The number of para-hydroxylation sites is 1. The van der Waals surface area contributed by atoms with Crippen molar-refractivity contribution in [1.82, 2.24) is 10.6 Å². The minimum atomic E-state index is 0.0535. The molecule has 1 amide bonds. The third-order valence-corrected chi connectivity index (χ3v) is 4.50. The fourth-order valence-electron chi connectivity index (χ4n) is 3.13. The number of guanidine groups is 1. The highest BCUT2D eigenvalue weighted by atomic mass is 16.5. The lowest BCUT2D eigenvalue weighted by Gasteiger charge is -2.26. The van der Waals surface area contributed by atoms with Crippen LogP contribution in [0.15, 0.2) is 59.6 Å². The lowest BCUT2D eigenvalue weighted by atomic mass is 9.90. The Labute approximate surface area is 160 Å². The van der Waals surface area contributed by atoms with Crippen LogP contribution < -0.4 is 16.0 Å². The maximum atomic E-state index is 11.9. The van der Waals surface area contributed by atoms with Crippen LogP contribution in [0.5, 0.6) is 0 Å². The molecule has 0 radical (unpaired) electrons. The number of carbonyl (C=O) groups excluding carboxylic acids is 1. The van der Waals surface area contributed by atoms with Crippen LogP contribution in [0.4, 0.5) is 5.69 Å². The molecule has 1 unspecified atom stereocenters. The van der Waals surface area contributed by atoms with Crippen LogP contribution in [0.1, 0.15) is 23.5 Å². The summed E-state index contributed by atoms with van der Waals surface area (Å²) in [4.78, 5) is 16.2. The number of ether oxygens (including phenoxy) is 1. The monoisotopic (exact) mass is 366 g/mol. The SMILES string of the molecule is CN=C(NCCOCc1ccccc1)NCC1CC(=O)Nc2ccccc21. The quantitative estimate of drug-likeness (QED) is 0.400. The zero-order valence-electron chi connectivity index (χ0n) is 15.6. The number of amides is 1. The fourth-order valence-corrected chi connectivity index (χ4v) is 3.13. The molecule has 3 N–H and O–H groups in total. The summed E-state index contributed by atoms with van der Waals surface area (Å²) in [5.74, 6) is 0.891. The molecule has 1 aliphatic rings. The van der Waals surface area contributed by atoms with Crippen molar-refractivity contribution in [1.29, 1.82) is 0 Å². The summed E-state index contributed by atoms with van der Waals surface area (Å²) in [6, 6.07) is 18.0. The number of aliphatic imine (C=N–C) groups is 1. The Morgan fingerprint density at radius 2 is 1.93 bits per heavy atom. The summed E-state index contributed by atoms with van der Waals surface area (Å²) >= 11 is 0. The number of rotatable bonds is 7. The normalized spacial score (nSPS) is 16.4. The van der Waals surface area contributed by atoms with Gasteiger partial charge in [0, 0.05) is 38.2 Å². The number of nitrogens with zero attached hydrogens (tertiary/aromatic N) is 1. The highest BCUT2D eigenvalue weighted by Crippen LogP contribution is 2.31. The Morgan fingerprint density at radius 1 is 1.15 bits per heavy atom. The maximum Gasteiger partial charge on any atom is 0.225 e. The molecule has 27 heavy (non-hydrogen) atoms. The largest absolute Gasteiger partial charge is 0.375 e. The standard InChI is InChI=1S/C21H26N4O2/c1-22-21(23-11-12-27-15-16-7-3-2-4-8-16)24-14-17-13-20(26)25-19-10-6-5-9-18(17)19/h2-10,17H,11-15H2,1H3,(H,25,26)(H2,22,23,24). The van der Waals surface area contributed by atoms with E-state index in [9.17, 15) is 4.79 Å². The van der Waals surface area contributed by atoms with E-state index in [0.29, 0.717) is 38.7 Å². The van der Waals surface area contributed by atoms with Crippen molar-refractivity contribution in [2.45, 2.75) is 18.9 Å². The van der Waals surface area contributed by atoms with Gasteiger partial charge in [-0.2, -0.15) is 0 Å². The molecule has 6 heteroatoms. The van der Waals surface area contributed by atoms with Crippen molar-refractivity contribution < 1.29 is 9.53 Å². The lowest BCUT2D eigenvalue weighted by molar-refractivity contribution is -0.116. The summed E-state index contributed by atoms with van der Waals surface area (Å²) in [6.07, 6.45) is 0.473. The molecule has 1 atom stereocenters. The number of nitrogens with one attached hydrogen (secondary N) is 3. The minimum absolute atomic E-state index is 0.0535. The Balaban J connectivity index is 1.41. The predicted octanol–water partition coefficient (Wildman–Crippen LogP) is 2.49. The summed E-state index contributed by atoms with van der Waals surface area (Å²) in [6.45, 7) is 2.50. The molecule has 1 aliphatic heterocycles. The van der Waals surface area contributed by atoms with E-state index in [1.807, 2.05) is 48.5 Å². The first-order valence-electron chi connectivity index (χ1n) is 9.21. The second kappa shape index (κ2) is 9.73. The van der Waals surface area contributed by atoms with Gasteiger partial charge in [-0.05, 0) is 17.2 Å². The van der Waals surface area contributed by atoms with Crippen molar-refractivity contribution in [3.05, 3.63) is 65.7 Å². The van der Waals surface area contributed by atoms with Crippen LogP contribution in [-0.2, 0) is 16.1 Å². The first kappa shape index (κ1) is 18.9. The van der Waals surface area contributed by atoms with Gasteiger partial charge >= 0.3 is 0 Å². The fraction of sp³-hybridized carbons (Fsp3) is 0.333. The highest BCUT2D eigenvalue weighted by molar-refractivity contribution is 5.94. The van der Waals surface area contributed by atoms with Gasteiger partial charge in [-0.3, -0.25) is 9.79 Å². The third-order valence-electron chi connectivity index (χ3n) is 4.50. The van der Waals surface area contributed by atoms with Crippen LogP contribution >= 0.6 is 0 Å². The van der Waals surface area contributed by atoms with Crippen LogP contribution in [0.2, 0.25) is 0 Å². The molecule has 0 saturated heterocycles. The van der Waals surface area contributed by atoms with Gasteiger partial charge in [0.2, 0.25) is 5.91 Å². The van der Waals surface area contributed by atoms with Gasteiger partial charge in [0.1, 0.15) is 0 Å². The first-order valence-corrected chi connectivity index (χ1v) is 9.21. The topological polar surface area (TPSA) is 74.8 Å². The van der Waals surface area contributed by atoms with Crippen molar-refractivity contribution >= 4 is 17.6 Å². The number of anilines is 1. The van der Waals surface area contributed by atoms with Gasteiger partial charge in [-0.1, -0.05) is 48.5 Å². The van der Waals surface area contributed by atoms with Crippen LogP contribution in [0.3, 0.4) is 0 Å². The molecule has 0 aliphatic carbocycles. The molecule has 0 aromatic heterocycles. The van der Waals surface area contributed by atoms with Crippen LogP contribution in [-0.4, -0.2) is 38.6 Å². The molecular formula is C21H26N4O2. The molecular weight excluding hydrogens is 340 g/mol. The second-order valence-corrected chi connectivity index (χ2v) is 6.45. The number of carbonyl (C=O) groups is 1. The van der Waals surface area contributed by atoms with E-state index < -0.39 is 0 Å². The van der Waals surface area contributed by atoms with E-state index in [0.717, 1.165) is 16.8 Å². The Bertz CT molecular complexity index is 777. The van der Waals surface area contributed by atoms with E-state index in [1.54, 1.807) is 7.05 Å². The molecule has 142 valence electrons. The van der Waals surface area contributed by atoms with E-state index >= 15 is 0 Å². The summed E-state index contributed by atoms with van der Waals surface area (Å²) in [5, 5.41) is 9.48. The molecule has 0 saturated carbocycles. The molecule has 3 rings (SSSR count). The average molecular weight is 366 g/mol. The average Bonchev–Trinajstić information content (AvgIpc) is 2.70. The van der Waals surface area contributed by atoms with Gasteiger partial charge < -0.3 is 20.7 Å². The number of hydrogen-bond donors (Lipinski definition) is 3. The van der Waals surface area contributed by atoms with Gasteiger partial charge in [0.25, 0.3) is 0 Å². The zero-order chi connectivity index (χ0) is 18.9. The smallest absolute Gasteiger partial charge is 0.225 e. The first-order chi connectivity index (χ1) is 13.3. The Morgan fingerprint density at radius 3 is 2.74 bits per heavy atom. The van der Waals surface area contributed by atoms with Crippen LogP contribution in [0.25, 0.3) is 0 Å². The maximum absolute atomic E-state index is 11.9. The molecule has 2 aromatic rings. The predicted molar refractivity (Wildman–Crippen MR) is 108 cm³/mol. The van der Waals surface area contributed by atoms with Crippen molar-refractivity contribution in [2.24, 2.45) is 4.99 Å². The van der Waals surface area contributed by atoms with Gasteiger partial charge in [-0.15, -0.1) is 0 Å². The number of hydrogen-bond acceptors (Lipinski definition) is 3. The lowest BCUT2D eigenvalue weighted by Crippen LogP contribution is -2.41. The number of benzene rings is 2. The molecule has 0 bridgehead atoms. The summed E-state index contributed by atoms with van der Waals surface area (Å²) in [7, 11) is 1.74. The van der Waals surface area contributed by atoms with Crippen molar-refractivity contribution in [3.63, 3.8) is 0 Å². The molecule has 2 aromatic carbocycles. The molecule has 0 fully saturated rings. The van der Waals surface area contributed by atoms with Crippen LogP contribution in [0, 0.1) is 0 Å². The van der Waals surface area contributed by atoms with E-state index in [4.69, 9.17) is 4.74 Å². The van der Waals surface area contributed by atoms with Crippen molar-refractivity contribution in [2.75, 3.05) is 32.1 Å². The molecule has 6 nitrogen and oxygen atoms in total. The van der Waals surface area contributed by atoms with Gasteiger partial charge in [-0.25, -0.2) is 0 Å². The second-order valence-electron chi connectivity index (χ2n) is 6.45.